The van der Waals surface area contributed by atoms with Crippen LogP contribution in [0.3, 0.4) is 0 Å². The van der Waals surface area contributed by atoms with Gasteiger partial charge in [-0.25, -0.2) is 19.9 Å². The maximum atomic E-state index is 4.92. The molecule has 0 unspecified atom stereocenters. The minimum Gasteiger partial charge on any atom is -0.356 e. The summed E-state index contributed by atoms with van der Waals surface area (Å²) in [5.74, 6) is 2.47. The number of rotatable bonds is 2. The fourth-order valence-corrected chi connectivity index (χ4v) is 4.69. The highest BCUT2D eigenvalue weighted by Crippen LogP contribution is 2.34. The molecule has 146 valence electrons. The van der Waals surface area contributed by atoms with E-state index in [-0.39, 0.29) is 0 Å². The van der Waals surface area contributed by atoms with Gasteiger partial charge in [-0.15, -0.1) is 0 Å². The Morgan fingerprint density at radius 2 is 1.93 bits per heavy atom. The number of para-hydroxylation sites is 1. The Balaban J connectivity index is 1.27. The molecule has 3 aromatic heterocycles. The summed E-state index contributed by atoms with van der Waals surface area (Å²) in [7, 11) is 0. The summed E-state index contributed by atoms with van der Waals surface area (Å²) in [4.78, 5) is 24.5. The van der Waals surface area contributed by atoms with Gasteiger partial charge in [0.2, 0.25) is 0 Å². The molecule has 1 saturated heterocycles. The predicted molar refractivity (Wildman–Crippen MR) is 113 cm³/mol. The average Bonchev–Trinajstić information content (AvgIpc) is 3.18. The zero-order valence-electron chi connectivity index (χ0n) is 16.2. The van der Waals surface area contributed by atoms with Crippen LogP contribution in [0.5, 0.6) is 0 Å². The van der Waals surface area contributed by atoms with Crippen LogP contribution in [0.25, 0.3) is 21.9 Å². The molecule has 2 aliphatic heterocycles. The van der Waals surface area contributed by atoms with Crippen LogP contribution in [0.15, 0.2) is 36.8 Å². The van der Waals surface area contributed by atoms with Crippen molar-refractivity contribution < 1.29 is 0 Å². The van der Waals surface area contributed by atoms with Gasteiger partial charge in [-0.05, 0) is 18.9 Å². The molecule has 7 nitrogen and oxygen atoms in total. The van der Waals surface area contributed by atoms with Gasteiger partial charge in [0.15, 0.2) is 0 Å². The van der Waals surface area contributed by atoms with E-state index in [1.807, 2.05) is 12.3 Å². The van der Waals surface area contributed by atoms with Crippen molar-refractivity contribution in [3.05, 3.63) is 53.9 Å². The third-order valence-electron chi connectivity index (χ3n) is 6.26. The number of H-pyrrole nitrogens is 1. The summed E-state index contributed by atoms with van der Waals surface area (Å²) in [5.41, 5.74) is 4.49. The molecule has 0 saturated carbocycles. The quantitative estimate of drug-likeness (QED) is 0.552. The molecule has 0 amide bonds. The Morgan fingerprint density at radius 1 is 1.03 bits per heavy atom. The zero-order valence-corrected chi connectivity index (χ0v) is 16.2. The van der Waals surface area contributed by atoms with Crippen molar-refractivity contribution in [1.82, 2.24) is 30.2 Å². The maximum absolute atomic E-state index is 4.92. The number of benzene rings is 1. The summed E-state index contributed by atoms with van der Waals surface area (Å²) < 4.78 is 0. The van der Waals surface area contributed by atoms with Gasteiger partial charge in [-0.2, -0.15) is 0 Å². The van der Waals surface area contributed by atoms with Gasteiger partial charge in [0.1, 0.15) is 23.6 Å². The lowest BCUT2D eigenvalue weighted by Gasteiger charge is -2.32. The third-order valence-corrected chi connectivity index (χ3v) is 6.26. The molecule has 1 fully saturated rings. The highest BCUT2D eigenvalue weighted by atomic mass is 15.2. The van der Waals surface area contributed by atoms with Crippen molar-refractivity contribution in [2.75, 3.05) is 24.5 Å². The number of nitrogens with one attached hydrogen (secondary N) is 2. The Kier molecular flexibility index (Phi) is 3.94. The molecule has 1 aromatic carbocycles. The SMILES string of the molecule is c1ccc2c(c1)[nH]c1ncnc(N3CCC(c4ncc5c(n4)CCNC5)CC3)c12. The van der Waals surface area contributed by atoms with E-state index in [0.29, 0.717) is 5.92 Å². The Bertz CT molecular complexity index is 1190. The molecule has 5 heterocycles. The second kappa shape index (κ2) is 6.77. The van der Waals surface area contributed by atoms with E-state index in [0.717, 1.165) is 73.6 Å². The van der Waals surface area contributed by atoms with Gasteiger partial charge in [-0.3, -0.25) is 0 Å². The summed E-state index contributed by atoms with van der Waals surface area (Å²) in [6, 6.07) is 8.35. The zero-order chi connectivity index (χ0) is 19.2. The van der Waals surface area contributed by atoms with Gasteiger partial charge in [0.05, 0.1) is 5.39 Å². The molecular formula is C22H23N7. The number of fused-ring (bicyclic) bond motifs is 4. The van der Waals surface area contributed by atoms with Gasteiger partial charge in [-0.1, -0.05) is 18.2 Å². The minimum absolute atomic E-state index is 0.423. The number of nitrogens with zero attached hydrogens (tertiary/aromatic N) is 5. The van der Waals surface area contributed by atoms with E-state index in [2.05, 4.69) is 43.4 Å². The molecular weight excluding hydrogens is 362 g/mol. The second-order valence-electron chi connectivity index (χ2n) is 7.98. The van der Waals surface area contributed by atoms with Crippen molar-refractivity contribution in [3.63, 3.8) is 0 Å². The lowest BCUT2D eigenvalue weighted by Crippen LogP contribution is -2.34. The minimum atomic E-state index is 0.423. The molecule has 4 aromatic rings. The van der Waals surface area contributed by atoms with Crippen molar-refractivity contribution in [2.45, 2.75) is 31.7 Å². The van der Waals surface area contributed by atoms with Crippen molar-refractivity contribution in [1.29, 1.82) is 0 Å². The largest absolute Gasteiger partial charge is 0.356 e. The Labute approximate surface area is 168 Å². The number of aromatic nitrogens is 5. The van der Waals surface area contributed by atoms with E-state index < -0.39 is 0 Å². The number of hydrogen-bond acceptors (Lipinski definition) is 6. The van der Waals surface area contributed by atoms with E-state index in [4.69, 9.17) is 9.97 Å². The van der Waals surface area contributed by atoms with Crippen molar-refractivity contribution in [2.24, 2.45) is 0 Å². The number of hydrogen-bond donors (Lipinski definition) is 2. The van der Waals surface area contributed by atoms with E-state index in [1.54, 1.807) is 6.33 Å². The van der Waals surface area contributed by atoms with Gasteiger partial charge in [0.25, 0.3) is 0 Å². The third kappa shape index (κ3) is 2.84. The molecule has 2 N–H and O–H groups in total. The summed E-state index contributed by atoms with van der Waals surface area (Å²) >= 11 is 0. The highest BCUT2D eigenvalue weighted by Gasteiger charge is 2.26. The monoisotopic (exact) mass is 385 g/mol. The van der Waals surface area contributed by atoms with Crippen LogP contribution < -0.4 is 10.2 Å². The standard InChI is InChI=1S/C22H23N7/c1-2-4-18-16(3-1)19-21(28-18)25-13-26-22(19)29-9-6-14(7-10-29)20-24-12-15-11-23-8-5-17(15)27-20/h1-4,12-14,23H,5-11H2,(H,25,26,28). The molecule has 0 bridgehead atoms. The van der Waals surface area contributed by atoms with Crippen LogP contribution in [-0.4, -0.2) is 44.6 Å². The topological polar surface area (TPSA) is 82.6 Å². The van der Waals surface area contributed by atoms with Crippen LogP contribution in [-0.2, 0) is 13.0 Å². The van der Waals surface area contributed by atoms with E-state index >= 15 is 0 Å². The van der Waals surface area contributed by atoms with Gasteiger partial charge in [0, 0.05) is 66.9 Å². The van der Waals surface area contributed by atoms with Crippen molar-refractivity contribution in [3.8, 4) is 0 Å². The lowest BCUT2D eigenvalue weighted by molar-refractivity contribution is 0.479. The fraction of sp³-hybridized carbons (Fsp3) is 0.364. The first-order chi connectivity index (χ1) is 14.4. The van der Waals surface area contributed by atoms with E-state index in [9.17, 15) is 0 Å². The van der Waals surface area contributed by atoms with Gasteiger partial charge < -0.3 is 15.2 Å². The van der Waals surface area contributed by atoms with Gasteiger partial charge >= 0.3 is 0 Å². The average molecular weight is 385 g/mol. The molecule has 6 rings (SSSR count). The molecule has 7 heteroatoms. The van der Waals surface area contributed by atoms with Crippen LogP contribution in [0, 0.1) is 0 Å². The number of aromatic amines is 1. The highest BCUT2D eigenvalue weighted by molar-refractivity contribution is 6.11. The molecule has 0 aliphatic carbocycles. The second-order valence-corrected chi connectivity index (χ2v) is 7.98. The normalized spacial score (nSPS) is 17.7. The van der Waals surface area contributed by atoms with Crippen LogP contribution >= 0.6 is 0 Å². The molecule has 0 radical (unpaired) electrons. The first-order valence-corrected chi connectivity index (χ1v) is 10.4. The molecule has 2 aliphatic rings. The first-order valence-electron chi connectivity index (χ1n) is 10.4. The Morgan fingerprint density at radius 3 is 2.86 bits per heavy atom. The van der Waals surface area contributed by atoms with Crippen molar-refractivity contribution >= 4 is 27.8 Å². The smallest absolute Gasteiger partial charge is 0.143 e. The molecule has 0 spiro atoms. The first kappa shape index (κ1) is 16.9. The molecule has 0 atom stereocenters. The summed E-state index contributed by atoms with van der Waals surface area (Å²) in [5, 5.41) is 5.70. The predicted octanol–water partition coefficient (Wildman–Crippen LogP) is 2.93. The lowest BCUT2D eigenvalue weighted by atomic mass is 9.95. The van der Waals surface area contributed by atoms with E-state index in [1.165, 1.54) is 16.6 Å². The number of anilines is 1. The van der Waals surface area contributed by atoms with Crippen LogP contribution in [0.1, 0.15) is 35.8 Å². The van der Waals surface area contributed by atoms with Crippen LogP contribution in [0.4, 0.5) is 5.82 Å². The van der Waals surface area contributed by atoms with Crippen LogP contribution in [0.2, 0.25) is 0 Å². The molecule has 29 heavy (non-hydrogen) atoms. The Hall–Kier alpha value is -3.06. The fourth-order valence-electron chi connectivity index (χ4n) is 4.69. The summed E-state index contributed by atoms with van der Waals surface area (Å²) in [6.45, 7) is 3.81. The maximum Gasteiger partial charge on any atom is 0.143 e. The summed E-state index contributed by atoms with van der Waals surface area (Å²) in [6.07, 6.45) is 6.79. The number of piperidine rings is 1.